The van der Waals surface area contributed by atoms with Gasteiger partial charge in [-0.2, -0.15) is 0 Å². The van der Waals surface area contributed by atoms with Crippen LogP contribution < -0.4 is 9.64 Å². The van der Waals surface area contributed by atoms with Gasteiger partial charge < -0.3 is 14.5 Å². The van der Waals surface area contributed by atoms with Gasteiger partial charge in [-0.3, -0.25) is 9.59 Å². The molecule has 1 saturated heterocycles. The van der Waals surface area contributed by atoms with Gasteiger partial charge in [0.05, 0.1) is 12.5 Å². The molecule has 0 aliphatic carbocycles. The van der Waals surface area contributed by atoms with Crippen LogP contribution in [0.3, 0.4) is 0 Å². The summed E-state index contributed by atoms with van der Waals surface area (Å²) in [6.07, 6.45) is 0.464. The summed E-state index contributed by atoms with van der Waals surface area (Å²) >= 11 is 0. The molecule has 0 aromatic heterocycles. The monoisotopic (exact) mass is 372 g/mol. The lowest BCUT2D eigenvalue weighted by atomic mass is 9.81. The van der Waals surface area contributed by atoms with Crippen molar-refractivity contribution in [3.8, 4) is 5.75 Å². The average molecular weight is 372 g/mol. The average Bonchev–Trinajstić information content (AvgIpc) is 3.21. The first-order chi connectivity index (χ1) is 12.9. The minimum absolute atomic E-state index is 0.0654. The van der Waals surface area contributed by atoms with E-state index in [-0.39, 0.29) is 18.0 Å². The minimum atomic E-state index is -1.07. The maximum absolute atomic E-state index is 13.5. The fourth-order valence-corrected chi connectivity index (χ4v) is 4.05. The summed E-state index contributed by atoms with van der Waals surface area (Å²) in [6.45, 7) is 0.544. The van der Waals surface area contributed by atoms with Crippen molar-refractivity contribution in [1.29, 1.82) is 0 Å². The molecule has 2 aliphatic heterocycles. The third-order valence-electron chi connectivity index (χ3n) is 5.52. The van der Waals surface area contributed by atoms with Crippen LogP contribution in [0, 0.1) is 11.6 Å². The van der Waals surface area contributed by atoms with Crippen LogP contribution in [-0.4, -0.2) is 44.0 Å². The molecule has 0 saturated carbocycles. The zero-order valence-electron chi connectivity index (χ0n) is 15.0. The molecule has 2 amide bonds. The number of carbonyl (C=O) groups excluding carboxylic acids is 2. The first-order valence-corrected chi connectivity index (χ1v) is 8.58. The van der Waals surface area contributed by atoms with Gasteiger partial charge >= 0.3 is 0 Å². The maximum Gasteiger partial charge on any atom is 0.254 e. The number of amides is 2. The SMILES string of the molecule is COc1ccc2c(c1)[C@@]1(CCN(C(=O)c3ccc(F)c(F)c3)C1)C(=O)N2C. The molecule has 0 unspecified atom stereocenters. The van der Waals surface area contributed by atoms with Crippen molar-refractivity contribution in [2.24, 2.45) is 0 Å². The van der Waals surface area contributed by atoms with Crippen molar-refractivity contribution < 1.29 is 23.1 Å². The number of methoxy groups -OCH3 is 1. The van der Waals surface area contributed by atoms with E-state index < -0.39 is 23.0 Å². The van der Waals surface area contributed by atoms with Crippen LogP contribution >= 0.6 is 0 Å². The molecule has 0 bridgehead atoms. The van der Waals surface area contributed by atoms with Gasteiger partial charge in [-0.05, 0) is 48.4 Å². The van der Waals surface area contributed by atoms with Crippen LogP contribution in [-0.2, 0) is 10.2 Å². The summed E-state index contributed by atoms with van der Waals surface area (Å²) in [4.78, 5) is 28.9. The van der Waals surface area contributed by atoms with Crippen molar-refractivity contribution >= 4 is 17.5 Å². The summed E-state index contributed by atoms with van der Waals surface area (Å²) < 4.78 is 31.9. The number of hydrogen-bond acceptors (Lipinski definition) is 3. The van der Waals surface area contributed by atoms with E-state index in [0.717, 1.165) is 23.4 Å². The normalized spacial score (nSPS) is 21.1. The molecule has 4 rings (SSSR count). The largest absolute Gasteiger partial charge is 0.497 e. The van der Waals surface area contributed by atoms with E-state index in [1.165, 1.54) is 11.0 Å². The lowest BCUT2D eigenvalue weighted by Gasteiger charge is -2.23. The highest BCUT2D eigenvalue weighted by atomic mass is 19.2. The first-order valence-electron chi connectivity index (χ1n) is 8.58. The molecule has 0 radical (unpaired) electrons. The Morgan fingerprint density at radius 3 is 2.63 bits per heavy atom. The van der Waals surface area contributed by atoms with E-state index in [9.17, 15) is 18.4 Å². The molecule has 1 spiro atoms. The number of likely N-dealkylation sites (tertiary alicyclic amines) is 1. The second-order valence-corrected chi connectivity index (χ2v) is 6.93. The molecular formula is C20H18F2N2O3. The highest BCUT2D eigenvalue weighted by Crippen LogP contribution is 2.48. The molecule has 2 aromatic rings. The Morgan fingerprint density at radius 2 is 1.93 bits per heavy atom. The van der Waals surface area contributed by atoms with Gasteiger partial charge in [0.25, 0.3) is 5.91 Å². The van der Waals surface area contributed by atoms with Crippen LogP contribution in [0.4, 0.5) is 14.5 Å². The van der Waals surface area contributed by atoms with Gasteiger partial charge in [0.2, 0.25) is 5.91 Å². The Morgan fingerprint density at radius 1 is 1.15 bits per heavy atom. The Balaban J connectivity index is 1.68. The highest BCUT2D eigenvalue weighted by molar-refractivity contribution is 6.09. The molecule has 0 N–H and O–H groups in total. The Bertz CT molecular complexity index is 962. The fraction of sp³-hybridized carbons (Fsp3) is 0.300. The number of likely N-dealkylation sites (N-methyl/N-ethyl adjacent to an activating group) is 1. The molecule has 2 aromatic carbocycles. The number of hydrogen-bond donors (Lipinski definition) is 0. The summed E-state index contributed by atoms with van der Waals surface area (Å²) in [5.74, 6) is -1.93. The predicted octanol–water partition coefficient (Wildman–Crippen LogP) is 2.73. The Hall–Kier alpha value is -2.96. The second-order valence-electron chi connectivity index (χ2n) is 6.93. The highest BCUT2D eigenvalue weighted by Gasteiger charge is 2.54. The number of benzene rings is 2. The summed E-state index contributed by atoms with van der Waals surface area (Å²) in [5.41, 5.74) is 0.848. The minimum Gasteiger partial charge on any atom is -0.497 e. The molecule has 140 valence electrons. The van der Waals surface area contributed by atoms with Gasteiger partial charge in [-0.25, -0.2) is 8.78 Å². The van der Waals surface area contributed by atoms with Crippen molar-refractivity contribution in [1.82, 2.24) is 4.90 Å². The van der Waals surface area contributed by atoms with Gasteiger partial charge in [0, 0.05) is 31.4 Å². The zero-order valence-corrected chi connectivity index (χ0v) is 15.0. The van der Waals surface area contributed by atoms with E-state index in [1.54, 1.807) is 25.1 Å². The van der Waals surface area contributed by atoms with Crippen molar-refractivity contribution in [3.63, 3.8) is 0 Å². The number of rotatable bonds is 2. The van der Waals surface area contributed by atoms with Gasteiger partial charge in [0.15, 0.2) is 11.6 Å². The molecule has 1 atom stereocenters. The molecule has 5 nitrogen and oxygen atoms in total. The number of nitrogens with zero attached hydrogens (tertiary/aromatic N) is 2. The van der Waals surface area contributed by atoms with Crippen LogP contribution in [0.15, 0.2) is 36.4 Å². The number of fused-ring (bicyclic) bond motifs is 2. The lowest BCUT2D eigenvalue weighted by Crippen LogP contribution is -2.42. The quantitative estimate of drug-likeness (QED) is 0.815. The Kier molecular flexibility index (Phi) is 3.91. The van der Waals surface area contributed by atoms with E-state index in [4.69, 9.17) is 4.74 Å². The van der Waals surface area contributed by atoms with E-state index >= 15 is 0 Å². The number of carbonyl (C=O) groups is 2. The first kappa shape index (κ1) is 17.5. The van der Waals surface area contributed by atoms with E-state index in [1.807, 2.05) is 12.1 Å². The van der Waals surface area contributed by atoms with E-state index in [0.29, 0.717) is 18.7 Å². The third-order valence-corrected chi connectivity index (χ3v) is 5.52. The topological polar surface area (TPSA) is 49.9 Å². The van der Waals surface area contributed by atoms with Crippen molar-refractivity contribution in [2.75, 3.05) is 32.1 Å². The molecule has 7 heteroatoms. The smallest absolute Gasteiger partial charge is 0.254 e. The van der Waals surface area contributed by atoms with Crippen LogP contribution in [0.5, 0.6) is 5.75 Å². The predicted molar refractivity (Wildman–Crippen MR) is 95.0 cm³/mol. The number of anilines is 1. The van der Waals surface area contributed by atoms with Crippen molar-refractivity contribution in [3.05, 3.63) is 59.2 Å². The van der Waals surface area contributed by atoms with E-state index in [2.05, 4.69) is 0 Å². The molecule has 27 heavy (non-hydrogen) atoms. The molecule has 2 aliphatic rings. The van der Waals surface area contributed by atoms with Crippen LogP contribution in [0.2, 0.25) is 0 Å². The summed E-state index contributed by atoms with van der Waals surface area (Å²) in [7, 11) is 3.27. The molecule has 1 fully saturated rings. The summed E-state index contributed by atoms with van der Waals surface area (Å²) in [6, 6.07) is 8.54. The lowest BCUT2D eigenvalue weighted by molar-refractivity contribution is -0.122. The summed E-state index contributed by atoms with van der Waals surface area (Å²) in [5, 5.41) is 0. The molecule has 2 heterocycles. The molecular weight excluding hydrogens is 354 g/mol. The fourth-order valence-electron chi connectivity index (χ4n) is 4.05. The van der Waals surface area contributed by atoms with Gasteiger partial charge in [-0.1, -0.05) is 0 Å². The maximum atomic E-state index is 13.5. The van der Waals surface area contributed by atoms with Crippen LogP contribution in [0.1, 0.15) is 22.3 Å². The van der Waals surface area contributed by atoms with Gasteiger partial charge in [0.1, 0.15) is 5.75 Å². The van der Waals surface area contributed by atoms with Gasteiger partial charge in [-0.15, -0.1) is 0 Å². The van der Waals surface area contributed by atoms with Crippen molar-refractivity contribution in [2.45, 2.75) is 11.8 Å². The second kappa shape index (κ2) is 6.04. The number of halogens is 2. The zero-order chi connectivity index (χ0) is 19.3. The van der Waals surface area contributed by atoms with Crippen LogP contribution in [0.25, 0.3) is 0 Å². The third kappa shape index (κ3) is 2.49. The number of ether oxygens (including phenoxy) is 1. The standard InChI is InChI=1S/C20H18F2N2O3/c1-23-17-6-4-13(27-2)10-14(17)20(19(23)26)7-8-24(11-20)18(25)12-3-5-15(21)16(22)9-12/h3-6,9-10H,7-8,11H2,1-2H3/t20-/m0/s1. The Labute approximate surface area is 155 Å².